The Morgan fingerprint density at radius 3 is 2.52 bits per heavy atom. The van der Waals surface area contributed by atoms with Crippen LogP contribution in [0.4, 0.5) is 4.79 Å². The zero-order chi connectivity index (χ0) is 16.4. The Hall–Kier alpha value is -1.54. The first kappa shape index (κ1) is 16.3. The number of piperazine rings is 1. The molecule has 0 saturated carbocycles. The van der Waals surface area contributed by atoms with Crippen molar-refractivity contribution in [3.63, 3.8) is 0 Å². The molecule has 126 valence electrons. The molecule has 2 aliphatic heterocycles. The van der Waals surface area contributed by atoms with Crippen molar-refractivity contribution in [2.45, 2.75) is 20.4 Å². The topological polar surface area (TPSA) is 69.9 Å². The molecule has 0 aliphatic carbocycles. The highest BCUT2D eigenvalue weighted by Gasteiger charge is 2.27. The average Bonchev–Trinajstić information content (AvgIpc) is 3.08. The van der Waals surface area contributed by atoms with E-state index in [0.29, 0.717) is 19.6 Å². The number of aryl methyl sites for hydroxylation is 2. The molecule has 0 radical (unpaired) electrons. The third-order valence-corrected chi connectivity index (χ3v) is 5.35. The van der Waals surface area contributed by atoms with E-state index in [1.54, 1.807) is 4.90 Å². The lowest BCUT2D eigenvalue weighted by Gasteiger charge is -2.35. The van der Waals surface area contributed by atoms with Crippen LogP contribution in [0.2, 0.25) is 0 Å². The molecule has 3 heterocycles. The lowest BCUT2D eigenvalue weighted by molar-refractivity contribution is -0.133. The van der Waals surface area contributed by atoms with Crippen molar-refractivity contribution in [2.75, 3.05) is 45.0 Å². The first-order valence-electron chi connectivity index (χ1n) is 7.88. The summed E-state index contributed by atoms with van der Waals surface area (Å²) in [5.74, 6) is 1.71. The fraction of sp³-hybridized carbons (Fsp3) is 0.667. The second kappa shape index (κ2) is 6.92. The molecule has 2 saturated heterocycles. The summed E-state index contributed by atoms with van der Waals surface area (Å²) in [4.78, 5) is 29.7. The third kappa shape index (κ3) is 3.69. The Bertz CT molecular complexity index is 576. The maximum absolute atomic E-state index is 12.3. The van der Waals surface area contributed by atoms with E-state index in [-0.39, 0.29) is 17.7 Å². The lowest BCUT2D eigenvalue weighted by Crippen LogP contribution is -2.51. The number of aromatic nitrogens is 1. The molecule has 7 nitrogen and oxygen atoms in total. The molecular weight excluding hydrogens is 316 g/mol. The zero-order valence-electron chi connectivity index (χ0n) is 13.6. The summed E-state index contributed by atoms with van der Waals surface area (Å²) in [7, 11) is 0. The van der Waals surface area contributed by atoms with Crippen LogP contribution < -0.4 is 0 Å². The number of nitrogens with zero attached hydrogens (tertiary/aromatic N) is 4. The van der Waals surface area contributed by atoms with Crippen molar-refractivity contribution in [1.82, 2.24) is 19.9 Å². The van der Waals surface area contributed by atoms with Crippen LogP contribution in [0.3, 0.4) is 0 Å². The summed E-state index contributed by atoms with van der Waals surface area (Å²) >= 11 is 1.29. The average molecular weight is 338 g/mol. The maximum Gasteiger partial charge on any atom is 0.282 e. The molecule has 2 amide bonds. The first-order valence-corrected chi connectivity index (χ1v) is 8.86. The van der Waals surface area contributed by atoms with E-state index in [9.17, 15) is 9.59 Å². The van der Waals surface area contributed by atoms with Crippen LogP contribution in [0.15, 0.2) is 4.52 Å². The molecule has 1 aromatic rings. The Labute approximate surface area is 139 Å². The summed E-state index contributed by atoms with van der Waals surface area (Å²) in [6.07, 6.45) is 0. The van der Waals surface area contributed by atoms with Gasteiger partial charge in [0.1, 0.15) is 12.3 Å². The molecule has 23 heavy (non-hydrogen) atoms. The van der Waals surface area contributed by atoms with Crippen LogP contribution in [0.1, 0.15) is 17.0 Å². The number of hydrogen-bond donors (Lipinski definition) is 0. The van der Waals surface area contributed by atoms with Gasteiger partial charge in [-0.1, -0.05) is 16.9 Å². The Kier molecular flexibility index (Phi) is 4.91. The zero-order valence-corrected chi connectivity index (χ0v) is 14.4. The summed E-state index contributed by atoms with van der Waals surface area (Å²) in [5.41, 5.74) is 2.08. The summed E-state index contributed by atoms with van der Waals surface area (Å²) in [5, 5.41) is 4.01. The van der Waals surface area contributed by atoms with E-state index < -0.39 is 0 Å². The molecule has 0 aromatic carbocycles. The lowest BCUT2D eigenvalue weighted by atomic mass is 10.2. The Morgan fingerprint density at radius 2 is 1.96 bits per heavy atom. The monoisotopic (exact) mass is 338 g/mol. The van der Waals surface area contributed by atoms with Crippen molar-refractivity contribution in [2.24, 2.45) is 0 Å². The minimum Gasteiger partial charge on any atom is -0.361 e. The Morgan fingerprint density at radius 1 is 1.22 bits per heavy atom. The van der Waals surface area contributed by atoms with Gasteiger partial charge in [0.15, 0.2) is 0 Å². The second-order valence-corrected chi connectivity index (χ2v) is 7.04. The van der Waals surface area contributed by atoms with Gasteiger partial charge in [0.2, 0.25) is 5.91 Å². The predicted molar refractivity (Wildman–Crippen MR) is 87.3 cm³/mol. The number of amides is 2. The van der Waals surface area contributed by atoms with Crippen molar-refractivity contribution in [1.29, 1.82) is 0 Å². The molecule has 2 fully saturated rings. The maximum atomic E-state index is 12.3. The highest BCUT2D eigenvalue weighted by Crippen LogP contribution is 2.18. The van der Waals surface area contributed by atoms with Crippen molar-refractivity contribution in [3.8, 4) is 0 Å². The molecule has 0 spiro atoms. The standard InChI is InChI=1S/C15H22N4O3S/c1-11-13(12(2)22-16-11)9-17-3-5-18(6-4-17)14(20)10-19-7-8-23-15(19)21/h3-10H2,1-2H3. The molecule has 0 bridgehead atoms. The number of carbonyl (C=O) groups excluding carboxylic acids is 2. The van der Waals surface area contributed by atoms with Crippen LogP contribution in [-0.2, 0) is 11.3 Å². The first-order chi connectivity index (χ1) is 11.0. The second-order valence-electron chi connectivity index (χ2n) is 6.00. The summed E-state index contributed by atoms with van der Waals surface area (Å²) in [6.45, 7) is 8.67. The quantitative estimate of drug-likeness (QED) is 0.819. The van der Waals surface area contributed by atoms with Gasteiger partial charge in [0.25, 0.3) is 5.24 Å². The molecule has 3 rings (SSSR count). The summed E-state index contributed by atoms with van der Waals surface area (Å²) < 4.78 is 5.20. The van der Waals surface area contributed by atoms with E-state index in [2.05, 4.69) is 10.1 Å². The van der Waals surface area contributed by atoms with Crippen molar-refractivity contribution in [3.05, 3.63) is 17.0 Å². The highest BCUT2D eigenvalue weighted by atomic mass is 32.2. The van der Waals surface area contributed by atoms with Gasteiger partial charge in [-0.05, 0) is 13.8 Å². The van der Waals surface area contributed by atoms with Crippen LogP contribution >= 0.6 is 11.8 Å². The van der Waals surface area contributed by atoms with Crippen LogP contribution in [0, 0.1) is 13.8 Å². The molecule has 1 aromatic heterocycles. The van der Waals surface area contributed by atoms with Gasteiger partial charge in [0, 0.05) is 50.6 Å². The van der Waals surface area contributed by atoms with Crippen molar-refractivity contribution < 1.29 is 14.1 Å². The van der Waals surface area contributed by atoms with Gasteiger partial charge >= 0.3 is 0 Å². The largest absolute Gasteiger partial charge is 0.361 e. The fourth-order valence-electron chi connectivity index (χ4n) is 2.94. The molecule has 8 heteroatoms. The predicted octanol–water partition coefficient (Wildman–Crippen LogP) is 1.10. The van der Waals surface area contributed by atoms with Gasteiger partial charge in [-0.2, -0.15) is 0 Å². The van der Waals surface area contributed by atoms with E-state index in [1.807, 2.05) is 18.7 Å². The smallest absolute Gasteiger partial charge is 0.282 e. The normalized spacial score (nSPS) is 19.7. The third-order valence-electron chi connectivity index (χ3n) is 4.46. The molecular formula is C15H22N4O3S. The Balaban J connectivity index is 1.48. The highest BCUT2D eigenvalue weighted by molar-refractivity contribution is 8.13. The van der Waals surface area contributed by atoms with E-state index in [1.165, 1.54) is 11.8 Å². The minimum atomic E-state index is 0.0235. The van der Waals surface area contributed by atoms with Gasteiger partial charge in [-0.3, -0.25) is 14.5 Å². The van der Waals surface area contributed by atoms with Crippen LogP contribution in [0.25, 0.3) is 0 Å². The summed E-state index contributed by atoms with van der Waals surface area (Å²) in [6, 6.07) is 0. The molecule has 0 atom stereocenters. The number of thioether (sulfide) groups is 1. The van der Waals surface area contributed by atoms with Gasteiger partial charge < -0.3 is 14.3 Å². The molecule has 0 unspecified atom stereocenters. The van der Waals surface area contributed by atoms with Gasteiger partial charge in [-0.15, -0.1) is 0 Å². The molecule has 2 aliphatic rings. The van der Waals surface area contributed by atoms with Crippen LogP contribution in [0.5, 0.6) is 0 Å². The SMILES string of the molecule is Cc1noc(C)c1CN1CCN(C(=O)CN2CCSC2=O)CC1. The van der Waals surface area contributed by atoms with Crippen molar-refractivity contribution >= 4 is 22.9 Å². The van der Waals surface area contributed by atoms with E-state index in [0.717, 1.165) is 42.4 Å². The number of carbonyl (C=O) groups is 2. The van der Waals surface area contributed by atoms with E-state index in [4.69, 9.17) is 4.52 Å². The van der Waals surface area contributed by atoms with Gasteiger partial charge in [-0.25, -0.2) is 0 Å². The molecule has 0 N–H and O–H groups in total. The minimum absolute atomic E-state index is 0.0235. The van der Waals surface area contributed by atoms with E-state index >= 15 is 0 Å². The van der Waals surface area contributed by atoms with Gasteiger partial charge in [0.05, 0.1) is 5.69 Å². The van der Waals surface area contributed by atoms with Crippen LogP contribution in [-0.4, -0.2) is 76.0 Å². The fourth-order valence-corrected chi connectivity index (χ4v) is 3.76. The number of rotatable bonds is 4. The number of hydrogen-bond acceptors (Lipinski definition) is 6.